The van der Waals surface area contributed by atoms with E-state index in [2.05, 4.69) is 4.98 Å². The number of ether oxygens (including phenoxy) is 2. The van der Waals surface area contributed by atoms with Crippen molar-refractivity contribution in [2.24, 2.45) is 0 Å². The van der Waals surface area contributed by atoms with E-state index in [9.17, 15) is 0 Å². The van der Waals surface area contributed by atoms with Gasteiger partial charge >= 0.3 is 0 Å². The van der Waals surface area contributed by atoms with Gasteiger partial charge < -0.3 is 13.9 Å². The van der Waals surface area contributed by atoms with Crippen LogP contribution in [0.5, 0.6) is 11.5 Å². The summed E-state index contributed by atoms with van der Waals surface area (Å²) >= 11 is 0. The zero-order valence-electron chi connectivity index (χ0n) is 9.48. The van der Waals surface area contributed by atoms with E-state index in [1.165, 1.54) is 0 Å². The first-order valence-corrected chi connectivity index (χ1v) is 4.89. The van der Waals surface area contributed by atoms with Crippen LogP contribution in [0.15, 0.2) is 28.8 Å². The maximum absolute atomic E-state index is 5.46. The minimum atomic E-state index is 0.535. The summed E-state index contributed by atoms with van der Waals surface area (Å²) in [7, 11) is 3.23. The van der Waals surface area contributed by atoms with E-state index in [0.717, 1.165) is 17.1 Å². The summed E-state index contributed by atoms with van der Waals surface area (Å²) in [6.45, 7) is 1.85. The topological polar surface area (TPSA) is 44.5 Å². The normalized spacial score (nSPS) is 10.2. The average Bonchev–Trinajstić information content (AvgIpc) is 2.75. The second-order valence-corrected chi connectivity index (χ2v) is 3.34. The molecule has 0 fully saturated rings. The zero-order chi connectivity index (χ0) is 11.5. The van der Waals surface area contributed by atoms with Gasteiger partial charge in [0.1, 0.15) is 17.3 Å². The van der Waals surface area contributed by atoms with Crippen molar-refractivity contribution in [1.29, 1.82) is 0 Å². The summed E-state index contributed by atoms with van der Waals surface area (Å²) in [5.74, 6) is 2.75. The smallest absolute Gasteiger partial charge is 0.230 e. The highest BCUT2D eigenvalue weighted by Gasteiger charge is 2.12. The van der Waals surface area contributed by atoms with Crippen molar-refractivity contribution >= 4 is 0 Å². The molecule has 0 unspecified atom stereocenters. The van der Waals surface area contributed by atoms with Crippen LogP contribution < -0.4 is 9.47 Å². The van der Waals surface area contributed by atoms with Crippen molar-refractivity contribution in [3.63, 3.8) is 0 Å². The molecule has 84 valence electrons. The molecule has 0 aliphatic carbocycles. The maximum atomic E-state index is 5.46. The van der Waals surface area contributed by atoms with E-state index in [1.54, 1.807) is 20.4 Å². The molecular formula is C12H13NO3. The summed E-state index contributed by atoms with van der Waals surface area (Å²) in [6.07, 6.45) is 1.67. The minimum absolute atomic E-state index is 0.535. The van der Waals surface area contributed by atoms with Gasteiger partial charge in [-0.2, -0.15) is 0 Å². The number of oxazole rings is 1. The lowest BCUT2D eigenvalue weighted by atomic mass is 10.2. The molecule has 2 rings (SSSR count). The van der Waals surface area contributed by atoms with Crippen molar-refractivity contribution in [3.8, 4) is 23.0 Å². The number of aromatic nitrogens is 1. The number of rotatable bonds is 3. The van der Waals surface area contributed by atoms with Crippen LogP contribution >= 0.6 is 0 Å². The van der Waals surface area contributed by atoms with E-state index in [0.29, 0.717) is 11.6 Å². The van der Waals surface area contributed by atoms with Crippen LogP contribution in [-0.4, -0.2) is 19.2 Å². The molecule has 4 heteroatoms. The van der Waals surface area contributed by atoms with E-state index in [-0.39, 0.29) is 0 Å². The van der Waals surface area contributed by atoms with Crippen LogP contribution in [0.2, 0.25) is 0 Å². The highest BCUT2D eigenvalue weighted by Crippen LogP contribution is 2.32. The first-order valence-electron chi connectivity index (χ1n) is 4.89. The highest BCUT2D eigenvalue weighted by molar-refractivity contribution is 5.65. The molecule has 4 nitrogen and oxygen atoms in total. The van der Waals surface area contributed by atoms with Crippen LogP contribution in [0, 0.1) is 6.92 Å². The Hall–Kier alpha value is -1.97. The molecule has 0 amide bonds. The predicted molar refractivity (Wildman–Crippen MR) is 59.8 cm³/mol. The van der Waals surface area contributed by atoms with Gasteiger partial charge in [0.05, 0.1) is 26.0 Å². The fraction of sp³-hybridized carbons (Fsp3) is 0.250. The molecule has 0 saturated carbocycles. The summed E-state index contributed by atoms with van der Waals surface area (Å²) in [4.78, 5) is 4.17. The van der Waals surface area contributed by atoms with Gasteiger partial charge in [0, 0.05) is 0 Å². The molecule has 2 aromatic rings. The molecule has 0 aliphatic heterocycles. The fourth-order valence-corrected chi connectivity index (χ4v) is 1.46. The van der Waals surface area contributed by atoms with E-state index in [1.807, 2.05) is 25.1 Å². The van der Waals surface area contributed by atoms with Crippen molar-refractivity contribution in [1.82, 2.24) is 4.98 Å². The van der Waals surface area contributed by atoms with Crippen LogP contribution in [0.1, 0.15) is 5.76 Å². The Morgan fingerprint density at radius 1 is 1.19 bits per heavy atom. The number of aryl methyl sites for hydroxylation is 1. The van der Waals surface area contributed by atoms with Crippen molar-refractivity contribution in [2.75, 3.05) is 14.2 Å². The van der Waals surface area contributed by atoms with Gasteiger partial charge in [-0.05, 0) is 25.1 Å². The molecule has 0 N–H and O–H groups in total. The number of benzene rings is 1. The van der Waals surface area contributed by atoms with E-state index >= 15 is 0 Å². The van der Waals surface area contributed by atoms with Gasteiger partial charge in [0.25, 0.3) is 0 Å². The van der Waals surface area contributed by atoms with Crippen molar-refractivity contribution < 1.29 is 13.9 Å². The molecule has 1 aromatic heterocycles. The second kappa shape index (κ2) is 4.26. The summed E-state index contributed by atoms with van der Waals surface area (Å²) in [5, 5.41) is 0. The Labute approximate surface area is 93.8 Å². The van der Waals surface area contributed by atoms with E-state index < -0.39 is 0 Å². The fourth-order valence-electron chi connectivity index (χ4n) is 1.46. The molecule has 0 aliphatic rings. The maximum Gasteiger partial charge on any atom is 0.230 e. The molecule has 0 radical (unpaired) electrons. The molecule has 0 spiro atoms. The lowest BCUT2D eigenvalue weighted by Gasteiger charge is -2.07. The third kappa shape index (κ3) is 1.86. The lowest BCUT2D eigenvalue weighted by Crippen LogP contribution is -1.90. The summed E-state index contributed by atoms with van der Waals surface area (Å²) in [5.41, 5.74) is 0.787. The Bertz CT molecular complexity index is 491. The zero-order valence-corrected chi connectivity index (χ0v) is 9.48. The standard InChI is InChI=1S/C12H13NO3/c1-8-7-13-12(16-8)10-6-9(14-2)4-5-11(10)15-3/h4-7H,1-3H3. The average molecular weight is 219 g/mol. The monoisotopic (exact) mass is 219 g/mol. The third-order valence-corrected chi connectivity index (χ3v) is 2.26. The second-order valence-electron chi connectivity index (χ2n) is 3.34. The van der Waals surface area contributed by atoms with Gasteiger partial charge in [0.15, 0.2) is 0 Å². The summed E-state index contributed by atoms with van der Waals surface area (Å²) < 4.78 is 15.9. The van der Waals surface area contributed by atoms with Gasteiger partial charge in [-0.1, -0.05) is 0 Å². The molecule has 0 atom stereocenters. The lowest BCUT2D eigenvalue weighted by molar-refractivity contribution is 0.402. The molecule has 0 bridgehead atoms. The SMILES string of the molecule is COc1ccc(OC)c(-c2ncc(C)o2)c1. The highest BCUT2D eigenvalue weighted by atomic mass is 16.5. The quantitative estimate of drug-likeness (QED) is 0.796. The Balaban J connectivity index is 2.52. The minimum Gasteiger partial charge on any atom is -0.497 e. The number of nitrogens with zero attached hydrogens (tertiary/aromatic N) is 1. The molecular weight excluding hydrogens is 206 g/mol. The predicted octanol–water partition coefficient (Wildman–Crippen LogP) is 2.67. The van der Waals surface area contributed by atoms with Gasteiger partial charge in [-0.3, -0.25) is 0 Å². The molecule has 16 heavy (non-hydrogen) atoms. The van der Waals surface area contributed by atoms with Crippen molar-refractivity contribution in [3.05, 3.63) is 30.2 Å². The number of methoxy groups -OCH3 is 2. The number of hydrogen-bond acceptors (Lipinski definition) is 4. The van der Waals surface area contributed by atoms with Crippen molar-refractivity contribution in [2.45, 2.75) is 6.92 Å². The molecule has 1 heterocycles. The van der Waals surface area contributed by atoms with E-state index in [4.69, 9.17) is 13.9 Å². The Kier molecular flexibility index (Phi) is 2.81. The first-order chi connectivity index (χ1) is 7.74. The first kappa shape index (κ1) is 10.5. The molecule has 1 aromatic carbocycles. The van der Waals surface area contributed by atoms with Crippen LogP contribution in [0.3, 0.4) is 0 Å². The third-order valence-electron chi connectivity index (χ3n) is 2.26. The van der Waals surface area contributed by atoms with Crippen LogP contribution in [0.4, 0.5) is 0 Å². The molecule has 0 saturated heterocycles. The van der Waals surface area contributed by atoms with Gasteiger partial charge in [-0.25, -0.2) is 4.98 Å². The summed E-state index contributed by atoms with van der Waals surface area (Å²) in [6, 6.07) is 5.50. The van der Waals surface area contributed by atoms with Crippen LogP contribution in [-0.2, 0) is 0 Å². The van der Waals surface area contributed by atoms with Crippen LogP contribution in [0.25, 0.3) is 11.5 Å². The Morgan fingerprint density at radius 3 is 2.56 bits per heavy atom. The van der Waals surface area contributed by atoms with Gasteiger partial charge in [-0.15, -0.1) is 0 Å². The van der Waals surface area contributed by atoms with Gasteiger partial charge in [0.2, 0.25) is 5.89 Å². The Morgan fingerprint density at radius 2 is 2.00 bits per heavy atom. The number of hydrogen-bond donors (Lipinski definition) is 0. The largest absolute Gasteiger partial charge is 0.497 e.